The molecule has 3 heteroatoms. The lowest BCUT2D eigenvalue weighted by molar-refractivity contribution is -0.122. The van der Waals surface area contributed by atoms with Crippen LogP contribution >= 0.6 is 0 Å². The van der Waals surface area contributed by atoms with Gasteiger partial charge in [0.1, 0.15) is 5.75 Å². The first kappa shape index (κ1) is 14.6. The molecule has 0 saturated heterocycles. The van der Waals surface area contributed by atoms with Crippen LogP contribution in [0.15, 0.2) is 18.2 Å². The van der Waals surface area contributed by atoms with Gasteiger partial charge in [-0.15, -0.1) is 0 Å². The molecule has 0 aliphatic heterocycles. The summed E-state index contributed by atoms with van der Waals surface area (Å²) in [5.41, 5.74) is 2.33. The molecule has 1 N–H and O–H groups in total. The van der Waals surface area contributed by atoms with E-state index in [9.17, 15) is 4.79 Å². The quantitative estimate of drug-likeness (QED) is 0.841. The minimum absolute atomic E-state index is 0.0501. The van der Waals surface area contributed by atoms with E-state index < -0.39 is 0 Å². The van der Waals surface area contributed by atoms with Crippen LogP contribution in [0, 0.1) is 13.8 Å². The Balaban J connectivity index is 2.35. The van der Waals surface area contributed by atoms with Gasteiger partial charge in [0, 0.05) is 6.04 Å². The van der Waals surface area contributed by atoms with E-state index in [0.717, 1.165) is 17.7 Å². The second kappa shape index (κ2) is 7.04. The number of hydrogen-bond acceptors (Lipinski definition) is 2. The molecule has 1 aromatic rings. The summed E-state index contributed by atoms with van der Waals surface area (Å²) in [5.74, 6) is 0.908. The molecule has 0 radical (unpaired) electrons. The summed E-state index contributed by atoms with van der Waals surface area (Å²) in [6.07, 6.45) is 1.35. The lowest BCUT2D eigenvalue weighted by atomic mass is 10.1. The summed E-state index contributed by atoms with van der Waals surface area (Å²) in [6, 6.07) is 6.28. The number of ether oxygens (including phenoxy) is 1. The molecule has 0 bridgehead atoms. The molecule has 18 heavy (non-hydrogen) atoms. The highest BCUT2D eigenvalue weighted by atomic mass is 16.5. The fourth-order valence-corrected chi connectivity index (χ4v) is 1.66. The SMILES string of the molecule is CCC(C)NC(=O)CCOc1ccc(C)cc1C. The highest BCUT2D eigenvalue weighted by Crippen LogP contribution is 2.18. The molecular weight excluding hydrogens is 226 g/mol. The molecule has 0 heterocycles. The summed E-state index contributed by atoms with van der Waals surface area (Å²) >= 11 is 0. The van der Waals surface area contributed by atoms with Crippen LogP contribution in [0.5, 0.6) is 5.75 Å². The Bertz CT molecular complexity index is 401. The van der Waals surface area contributed by atoms with Gasteiger partial charge in [-0.25, -0.2) is 0 Å². The molecule has 0 aromatic heterocycles. The third-order valence-electron chi connectivity index (χ3n) is 2.94. The third-order valence-corrected chi connectivity index (χ3v) is 2.94. The van der Waals surface area contributed by atoms with Crippen LogP contribution in [0.3, 0.4) is 0 Å². The molecular formula is C15H23NO2. The first-order valence-corrected chi connectivity index (χ1v) is 6.52. The van der Waals surface area contributed by atoms with E-state index in [1.807, 2.05) is 26.0 Å². The highest BCUT2D eigenvalue weighted by Gasteiger charge is 2.06. The van der Waals surface area contributed by atoms with Gasteiger partial charge >= 0.3 is 0 Å². The molecule has 0 spiro atoms. The second-order valence-corrected chi connectivity index (χ2v) is 4.74. The third kappa shape index (κ3) is 4.78. The summed E-state index contributed by atoms with van der Waals surface area (Å²) in [6.45, 7) is 8.55. The standard InChI is InChI=1S/C15H23NO2/c1-5-13(4)16-15(17)8-9-18-14-7-6-11(2)10-12(14)3/h6-7,10,13H,5,8-9H2,1-4H3,(H,16,17). The Hall–Kier alpha value is -1.51. The van der Waals surface area contributed by atoms with Crippen molar-refractivity contribution in [1.82, 2.24) is 5.32 Å². The van der Waals surface area contributed by atoms with Gasteiger partial charge in [-0.3, -0.25) is 4.79 Å². The van der Waals surface area contributed by atoms with Gasteiger partial charge in [0.2, 0.25) is 5.91 Å². The van der Waals surface area contributed by atoms with E-state index >= 15 is 0 Å². The van der Waals surface area contributed by atoms with Crippen molar-refractivity contribution in [3.63, 3.8) is 0 Å². The van der Waals surface area contributed by atoms with Crippen LogP contribution in [0.2, 0.25) is 0 Å². The van der Waals surface area contributed by atoms with Crippen molar-refractivity contribution in [3.05, 3.63) is 29.3 Å². The Morgan fingerprint density at radius 1 is 1.39 bits per heavy atom. The van der Waals surface area contributed by atoms with Gasteiger partial charge in [0.25, 0.3) is 0 Å². The maximum atomic E-state index is 11.6. The largest absolute Gasteiger partial charge is 0.493 e. The minimum atomic E-state index is 0.0501. The topological polar surface area (TPSA) is 38.3 Å². The van der Waals surface area contributed by atoms with Gasteiger partial charge in [0.15, 0.2) is 0 Å². The van der Waals surface area contributed by atoms with E-state index in [-0.39, 0.29) is 11.9 Å². The maximum Gasteiger partial charge on any atom is 0.223 e. The number of carbonyl (C=O) groups excluding carboxylic acids is 1. The number of hydrogen-bond donors (Lipinski definition) is 1. The molecule has 1 atom stereocenters. The van der Waals surface area contributed by atoms with Crippen molar-refractivity contribution < 1.29 is 9.53 Å². The van der Waals surface area contributed by atoms with Crippen LogP contribution in [-0.2, 0) is 4.79 Å². The predicted octanol–water partition coefficient (Wildman–Crippen LogP) is 2.99. The Kier molecular flexibility index (Phi) is 5.69. The van der Waals surface area contributed by atoms with Gasteiger partial charge in [-0.05, 0) is 38.8 Å². The molecule has 0 aliphatic rings. The Labute approximate surface area is 110 Å². The first-order chi connectivity index (χ1) is 8.52. The van der Waals surface area contributed by atoms with Crippen LogP contribution in [-0.4, -0.2) is 18.6 Å². The molecule has 0 aliphatic carbocycles. The second-order valence-electron chi connectivity index (χ2n) is 4.74. The summed E-state index contributed by atoms with van der Waals surface area (Å²) in [5, 5.41) is 2.92. The molecule has 1 aromatic carbocycles. The van der Waals surface area contributed by atoms with Crippen molar-refractivity contribution in [2.45, 2.75) is 46.6 Å². The van der Waals surface area contributed by atoms with Gasteiger partial charge < -0.3 is 10.1 Å². The monoisotopic (exact) mass is 249 g/mol. The zero-order valence-electron chi connectivity index (χ0n) is 11.7. The van der Waals surface area contributed by atoms with Crippen molar-refractivity contribution >= 4 is 5.91 Å². The lowest BCUT2D eigenvalue weighted by Crippen LogP contribution is -2.32. The number of nitrogens with one attached hydrogen (secondary N) is 1. The molecule has 0 fully saturated rings. The van der Waals surface area contributed by atoms with Gasteiger partial charge in [-0.1, -0.05) is 24.6 Å². The van der Waals surface area contributed by atoms with E-state index in [4.69, 9.17) is 4.74 Å². The summed E-state index contributed by atoms with van der Waals surface area (Å²) < 4.78 is 5.62. The lowest BCUT2D eigenvalue weighted by Gasteiger charge is -2.12. The van der Waals surface area contributed by atoms with Crippen molar-refractivity contribution in [2.75, 3.05) is 6.61 Å². The molecule has 3 nitrogen and oxygen atoms in total. The van der Waals surface area contributed by atoms with Crippen LogP contribution < -0.4 is 10.1 Å². The van der Waals surface area contributed by atoms with Crippen molar-refractivity contribution in [3.8, 4) is 5.75 Å². The molecule has 1 amide bonds. The van der Waals surface area contributed by atoms with Crippen LogP contribution in [0.4, 0.5) is 0 Å². The van der Waals surface area contributed by atoms with Gasteiger partial charge in [-0.2, -0.15) is 0 Å². The van der Waals surface area contributed by atoms with Crippen molar-refractivity contribution in [2.24, 2.45) is 0 Å². The van der Waals surface area contributed by atoms with E-state index in [1.54, 1.807) is 0 Å². The number of rotatable bonds is 6. The number of amides is 1. The van der Waals surface area contributed by atoms with Gasteiger partial charge in [0.05, 0.1) is 13.0 Å². The van der Waals surface area contributed by atoms with Crippen LogP contribution in [0.25, 0.3) is 0 Å². The van der Waals surface area contributed by atoms with E-state index in [2.05, 4.69) is 25.2 Å². The summed E-state index contributed by atoms with van der Waals surface area (Å²) in [4.78, 5) is 11.6. The minimum Gasteiger partial charge on any atom is -0.493 e. The Morgan fingerprint density at radius 3 is 2.72 bits per heavy atom. The molecule has 0 saturated carbocycles. The smallest absolute Gasteiger partial charge is 0.223 e. The van der Waals surface area contributed by atoms with Crippen LogP contribution in [0.1, 0.15) is 37.8 Å². The van der Waals surface area contributed by atoms with E-state index in [0.29, 0.717) is 13.0 Å². The zero-order valence-corrected chi connectivity index (χ0v) is 11.7. The Morgan fingerprint density at radius 2 is 2.11 bits per heavy atom. The first-order valence-electron chi connectivity index (χ1n) is 6.52. The predicted molar refractivity (Wildman–Crippen MR) is 73.9 cm³/mol. The van der Waals surface area contributed by atoms with Crippen molar-refractivity contribution in [1.29, 1.82) is 0 Å². The number of aryl methyl sites for hydroxylation is 2. The average molecular weight is 249 g/mol. The molecule has 1 rings (SSSR count). The maximum absolute atomic E-state index is 11.6. The fraction of sp³-hybridized carbons (Fsp3) is 0.533. The molecule has 100 valence electrons. The normalized spacial score (nSPS) is 12.0. The molecule has 1 unspecified atom stereocenters. The van der Waals surface area contributed by atoms with E-state index in [1.165, 1.54) is 5.56 Å². The zero-order chi connectivity index (χ0) is 13.5. The number of benzene rings is 1. The number of carbonyl (C=O) groups is 1. The average Bonchev–Trinajstić information content (AvgIpc) is 2.31. The highest BCUT2D eigenvalue weighted by molar-refractivity contribution is 5.76. The fourth-order valence-electron chi connectivity index (χ4n) is 1.66. The summed E-state index contributed by atoms with van der Waals surface area (Å²) in [7, 11) is 0.